The van der Waals surface area contributed by atoms with Crippen molar-refractivity contribution in [2.45, 2.75) is 13.3 Å². The molecule has 0 aliphatic heterocycles. The molecule has 3 aromatic rings. The minimum absolute atomic E-state index is 0.118. The molecule has 0 N–H and O–H groups in total. The first-order chi connectivity index (χ1) is 9.28. The fourth-order valence-electron chi connectivity index (χ4n) is 2.19. The lowest BCUT2D eigenvalue weighted by Gasteiger charge is -2.06. The van der Waals surface area contributed by atoms with Crippen LogP contribution >= 0.6 is 0 Å². The molecule has 1 aromatic heterocycles. The van der Waals surface area contributed by atoms with E-state index in [4.69, 9.17) is 0 Å². The van der Waals surface area contributed by atoms with Gasteiger partial charge in [0.05, 0.1) is 5.69 Å². The van der Waals surface area contributed by atoms with Crippen LogP contribution in [0.2, 0.25) is 0 Å². The molecule has 0 atom stereocenters. The van der Waals surface area contributed by atoms with Gasteiger partial charge in [0.25, 0.3) is 5.56 Å². The molecule has 0 bridgehead atoms. The Bertz CT molecular complexity index is 790. The van der Waals surface area contributed by atoms with Gasteiger partial charge in [-0.2, -0.15) is 9.78 Å². The molecule has 0 unspecified atom stereocenters. The molecule has 0 spiro atoms. The summed E-state index contributed by atoms with van der Waals surface area (Å²) in [6.45, 7) is 2.14. The maximum atomic E-state index is 11.8. The number of benzene rings is 2. The van der Waals surface area contributed by atoms with Crippen molar-refractivity contribution in [1.29, 1.82) is 0 Å². The lowest BCUT2D eigenvalue weighted by Crippen LogP contribution is -2.18. The van der Waals surface area contributed by atoms with Gasteiger partial charge in [-0.15, -0.1) is 0 Å². The first kappa shape index (κ1) is 11.7. The highest BCUT2D eigenvalue weighted by Gasteiger charge is 2.02. The molecule has 0 saturated heterocycles. The highest BCUT2D eigenvalue weighted by atomic mass is 16.1. The van der Waals surface area contributed by atoms with E-state index < -0.39 is 0 Å². The molecule has 0 aliphatic rings. The normalized spacial score (nSPS) is 10.8. The van der Waals surface area contributed by atoms with Crippen molar-refractivity contribution in [2.24, 2.45) is 0 Å². The molecule has 0 fully saturated rings. The van der Waals surface area contributed by atoms with Crippen molar-refractivity contribution >= 4 is 10.8 Å². The van der Waals surface area contributed by atoms with E-state index in [0.717, 1.165) is 17.5 Å². The summed E-state index contributed by atoms with van der Waals surface area (Å²) in [7, 11) is 0. The van der Waals surface area contributed by atoms with Crippen LogP contribution in [-0.2, 0) is 6.42 Å². The Kier molecular flexibility index (Phi) is 2.88. The average Bonchev–Trinajstić information content (AvgIpc) is 2.46. The predicted octanol–water partition coefficient (Wildman–Crippen LogP) is 2.95. The summed E-state index contributed by atoms with van der Waals surface area (Å²) in [4.78, 5) is 11.8. The number of rotatable bonds is 2. The number of fused-ring (bicyclic) bond motifs is 1. The molecule has 1 heterocycles. The molecule has 3 rings (SSSR count). The molecular weight excluding hydrogens is 236 g/mol. The summed E-state index contributed by atoms with van der Waals surface area (Å²) in [6.07, 6.45) is 2.64. The summed E-state index contributed by atoms with van der Waals surface area (Å²) in [5.41, 5.74) is 1.99. The zero-order valence-electron chi connectivity index (χ0n) is 10.7. The van der Waals surface area contributed by atoms with E-state index in [1.807, 2.05) is 18.2 Å². The van der Waals surface area contributed by atoms with Gasteiger partial charge in [-0.1, -0.05) is 31.2 Å². The zero-order chi connectivity index (χ0) is 13.2. The van der Waals surface area contributed by atoms with Crippen LogP contribution in [0.3, 0.4) is 0 Å². The molecular formula is C16H14N2O. The van der Waals surface area contributed by atoms with Crippen molar-refractivity contribution < 1.29 is 0 Å². The summed E-state index contributed by atoms with van der Waals surface area (Å²) >= 11 is 0. The van der Waals surface area contributed by atoms with Crippen LogP contribution in [0.4, 0.5) is 0 Å². The third kappa shape index (κ3) is 2.15. The monoisotopic (exact) mass is 250 g/mol. The van der Waals surface area contributed by atoms with E-state index in [1.165, 1.54) is 21.7 Å². The molecule has 2 aromatic carbocycles. The van der Waals surface area contributed by atoms with Crippen molar-refractivity contribution in [3.05, 3.63) is 70.6 Å². The van der Waals surface area contributed by atoms with Gasteiger partial charge in [-0.25, -0.2) is 0 Å². The number of hydrogen-bond acceptors (Lipinski definition) is 2. The van der Waals surface area contributed by atoms with Gasteiger partial charge < -0.3 is 0 Å². The molecule has 0 aliphatic carbocycles. The SMILES string of the molecule is CCc1ccc2cc(-n3ncccc3=O)ccc2c1. The first-order valence-corrected chi connectivity index (χ1v) is 6.35. The number of aromatic nitrogens is 2. The molecule has 94 valence electrons. The fourth-order valence-corrected chi connectivity index (χ4v) is 2.19. The summed E-state index contributed by atoms with van der Waals surface area (Å²) in [5, 5.41) is 6.40. The lowest BCUT2D eigenvalue weighted by molar-refractivity contribution is 0.808. The summed E-state index contributed by atoms with van der Waals surface area (Å²) in [5.74, 6) is 0. The van der Waals surface area contributed by atoms with Gasteiger partial charge in [0, 0.05) is 12.3 Å². The van der Waals surface area contributed by atoms with Crippen molar-refractivity contribution in [3.63, 3.8) is 0 Å². The lowest BCUT2D eigenvalue weighted by atomic mass is 10.1. The third-order valence-corrected chi connectivity index (χ3v) is 3.26. The van der Waals surface area contributed by atoms with Gasteiger partial charge in [0.15, 0.2) is 0 Å². The quantitative estimate of drug-likeness (QED) is 0.701. The Labute approximate surface area is 111 Å². The van der Waals surface area contributed by atoms with Crippen LogP contribution < -0.4 is 5.56 Å². The van der Waals surface area contributed by atoms with Crippen molar-refractivity contribution in [2.75, 3.05) is 0 Å². The maximum absolute atomic E-state index is 11.8. The van der Waals surface area contributed by atoms with Crippen LogP contribution in [0.25, 0.3) is 16.5 Å². The van der Waals surface area contributed by atoms with Crippen LogP contribution in [0, 0.1) is 0 Å². The van der Waals surface area contributed by atoms with Gasteiger partial charge in [-0.3, -0.25) is 4.79 Å². The molecule has 0 saturated carbocycles. The third-order valence-electron chi connectivity index (χ3n) is 3.26. The summed E-state index contributed by atoms with van der Waals surface area (Å²) in [6, 6.07) is 15.5. The Hall–Kier alpha value is -2.42. The average molecular weight is 250 g/mol. The van der Waals surface area contributed by atoms with E-state index in [0.29, 0.717) is 0 Å². The molecule has 0 radical (unpaired) electrons. The van der Waals surface area contributed by atoms with Crippen molar-refractivity contribution in [1.82, 2.24) is 9.78 Å². The highest BCUT2D eigenvalue weighted by Crippen LogP contribution is 2.19. The van der Waals surface area contributed by atoms with E-state index in [1.54, 1.807) is 12.3 Å². The van der Waals surface area contributed by atoms with Crippen LogP contribution in [0.15, 0.2) is 59.5 Å². The number of aryl methyl sites for hydroxylation is 1. The van der Waals surface area contributed by atoms with E-state index in [2.05, 4.69) is 30.2 Å². The first-order valence-electron chi connectivity index (χ1n) is 6.35. The van der Waals surface area contributed by atoms with Crippen LogP contribution in [-0.4, -0.2) is 9.78 Å². The number of nitrogens with zero attached hydrogens (tertiary/aromatic N) is 2. The molecule has 3 heteroatoms. The Morgan fingerprint density at radius 1 is 1.05 bits per heavy atom. The second kappa shape index (κ2) is 4.69. The van der Waals surface area contributed by atoms with Crippen molar-refractivity contribution in [3.8, 4) is 5.69 Å². The highest BCUT2D eigenvalue weighted by molar-refractivity contribution is 5.85. The van der Waals surface area contributed by atoms with Gasteiger partial charge >= 0.3 is 0 Å². The van der Waals surface area contributed by atoms with Crippen LogP contribution in [0.1, 0.15) is 12.5 Å². The van der Waals surface area contributed by atoms with E-state index in [9.17, 15) is 4.79 Å². The van der Waals surface area contributed by atoms with E-state index in [-0.39, 0.29) is 5.56 Å². The molecule has 19 heavy (non-hydrogen) atoms. The Morgan fingerprint density at radius 3 is 2.63 bits per heavy atom. The molecule has 3 nitrogen and oxygen atoms in total. The Morgan fingerprint density at radius 2 is 1.84 bits per heavy atom. The van der Waals surface area contributed by atoms with Gasteiger partial charge in [0.1, 0.15) is 0 Å². The zero-order valence-corrected chi connectivity index (χ0v) is 10.7. The minimum Gasteiger partial charge on any atom is -0.267 e. The topological polar surface area (TPSA) is 34.9 Å². The summed E-state index contributed by atoms with van der Waals surface area (Å²) < 4.78 is 1.41. The molecule has 0 amide bonds. The minimum atomic E-state index is -0.118. The smallest absolute Gasteiger partial charge is 0.267 e. The maximum Gasteiger partial charge on any atom is 0.271 e. The number of hydrogen-bond donors (Lipinski definition) is 0. The second-order valence-corrected chi connectivity index (χ2v) is 4.49. The van der Waals surface area contributed by atoms with Gasteiger partial charge in [-0.05, 0) is 41.0 Å². The van der Waals surface area contributed by atoms with E-state index >= 15 is 0 Å². The largest absolute Gasteiger partial charge is 0.271 e. The fraction of sp³-hybridized carbons (Fsp3) is 0.125. The standard InChI is InChI=1S/C16H14N2O/c1-2-12-5-6-14-11-15(8-7-13(14)10-12)18-16(19)4-3-9-17-18/h3-11H,2H2,1H3. The predicted molar refractivity (Wildman–Crippen MR) is 76.7 cm³/mol. The van der Waals surface area contributed by atoms with Crippen LogP contribution in [0.5, 0.6) is 0 Å². The second-order valence-electron chi connectivity index (χ2n) is 4.49. The van der Waals surface area contributed by atoms with Gasteiger partial charge in [0.2, 0.25) is 0 Å². The Balaban J connectivity index is 2.17.